The van der Waals surface area contributed by atoms with Gasteiger partial charge >= 0.3 is 0 Å². The van der Waals surface area contributed by atoms with Crippen molar-refractivity contribution in [3.05, 3.63) is 23.8 Å². The topological polar surface area (TPSA) is 101 Å². The lowest BCUT2D eigenvalue weighted by Gasteiger charge is -2.25. The van der Waals surface area contributed by atoms with Crippen LogP contribution in [0.3, 0.4) is 0 Å². The number of rotatable bonds is 3. The Morgan fingerprint density at radius 1 is 1.30 bits per heavy atom. The fraction of sp³-hybridized carbons (Fsp3) is 0.462. The van der Waals surface area contributed by atoms with E-state index in [1.54, 1.807) is 25.2 Å². The van der Waals surface area contributed by atoms with E-state index >= 15 is 0 Å². The standard InChI is InChI=1S/C13H19N3O3S/c1-15-13(17)11-3-2-9(14)8-12(11)16-10-4-6-20(18,19)7-5-10/h2-3,8,10,16H,4-7,14H2,1H3,(H,15,17). The second-order valence-electron chi connectivity index (χ2n) is 4.95. The number of nitrogens with one attached hydrogen (secondary N) is 2. The number of sulfone groups is 1. The van der Waals surface area contributed by atoms with Gasteiger partial charge in [0.15, 0.2) is 0 Å². The summed E-state index contributed by atoms with van der Waals surface area (Å²) < 4.78 is 22.8. The molecule has 1 aromatic carbocycles. The van der Waals surface area contributed by atoms with Crippen molar-refractivity contribution in [2.45, 2.75) is 18.9 Å². The first-order valence-electron chi connectivity index (χ1n) is 6.50. The van der Waals surface area contributed by atoms with E-state index in [0.29, 0.717) is 29.8 Å². The van der Waals surface area contributed by atoms with Crippen LogP contribution in [0.4, 0.5) is 11.4 Å². The van der Waals surface area contributed by atoms with Crippen molar-refractivity contribution in [2.24, 2.45) is 0 Å². The molecule has 0 aromatic heterocycles. The van der Waals surface area contributed by atoms with Gasteiger partial charge in [0.2, 0.25) is 0 Å². The zero-order valence-electron chi connectivity index (χ0n) is 11.3. The maximum Gasteiger partial charge on any atom is 0.253 e. The quantitative estimate of drug-likeness (QED) is 0.710. The van der Waals surface area contributed by atoms with E-state index < -0.39 is 9.84 Å². The van der Waals surface area contributed by atoms with Crippen molar-refractivity contribution in [1.82, 2.24) is 5.32 Å². The average Bonchev–Trinajstić information content (AvgIpc) is 2.40. The molecule has 1 aliphatic rings. The molecule has 0 unspecified atom stereocenters. The van der Waals surface area contributed by atoms with Crippen LogP contribution >= 0.6 is 0 Å². The summed E-state index contributed by atoms with van der Waals surface area (Å²) in [7, 11) is -1.33. The number of amides is 1. The molecule has 0 radical (unpaired) electrons. The highest BCUT2D eigenvalue weighted by molar-refractivity contribution is 7.91. The maximum atomic E-state index is 11.8. The van der Waals surface area contributed by atoms with Crippen LogP contribution in [0.2, 0.25) is 0 Å². The van der Waals surface area contributed by atoms with Crippen LogP contribution < -0.4 is 16.4 Å². The van der Waals surface area contributed by atoms with Gasteiger partial charge < -0.3 is 16.4 Å². The zero-order valence-corrected chi connectivity index (χ0v) is 12.2. The Bertz CT molecular complexity index is 599. The monoisotopic (exact) mass is 297 g/mol. The predicted molar refractivity (Wildman–Crippen MR) is 79.5 cm³/mol. The number of nitrogens with two attached hydrogens (primary N) is 1. The van der Waals surface area contributed by atoms with E-state index in [-0.39, 0.29) is 23.5 Å². The Morgan fingerprint density at radius 2 is 1.95 bits per heavy atom. The normalized spacial score (nSPS) is 18.4. The summed E-state index contributed by atoms with van der Waals surface area (Å²) in [6.45, 7) is 0. The van der Waals surface area contributed by atoms with E-state index in [1.807, 2.05) is 0 Å². The molecule has 1 saturated heterocycles. The predicted octanol–water partition coefficient (Wildman–Crippen LogP) is 0.617. The lowest BCUT2D eigenvalue weighted by Crippen LogP contribution is -2.33. The molecule has 20 heavy (non-hydrogen) atoms. The Morgan fingerprint density at radius 3 is 2.55 bits per heavy atom. The highest BCUT2D eigenvalue weighted by Crippen LogP contribution is 2.23. The van der Waals surface area contributed by atoms with Crippen molar-refractivity contribution >= 4 is 27.1 Å². The smallest absolute Gasteiger partial charge is 0.253 e. The average molecular weight is 297 g/mol. The molecule has 2 rings (SSSR count). The first-order chi connectivity index (χ1) is 9.41. The van der Waals surface area contributed by atoms with Crippen LogP contribution in [0.15, 0.2) is 18.2 Å². The lowest BCUT2D eigenvalue weighted by molar-refractivity contribution is 0.0964. The number of benzene rings is 1. The largest absolute Gasteiger partial charge is 0.399 e. The molecule has 110 valence electrons. The van der Waals surface area contributed by atoms with Gasteiger partial charge in [-0.1, -0.05) is 0 Å². The maximum absolute atomic E-state index is 11.8. The molecule has 1 fully saturated rings. The van der Waals surface area contributed by atoms with E-state index in [0.717, 1.165) is 0 Å². The molecule has 0 atom stereocenters. The fourth-order valence-electron chi connectivity index (χ4n) is 2.27. The summed E-state index contributed by atoms with van der Waals surface area (Å²) in [6, 6.07) is 5.08. The van der Waals surface area contributed by atoms with Crippen LogP contribution in [-0.2, 0) is 9.84 Å². The van der Waals surface area contributed by atoms with Crippen molar-refractivity contribution in [3.8, 4) is 0 Å². The third kappa shape index (κ3) is 3.41. The van der Waals surface area contributed by atoms with Crippen molar-refractivity contribution in [1.29, 1.82) is 0 Å². The SMILES string of the molecule is CNC(=O)c1ccc(N)cc1NC1CCS(=O)(=O)CC1. The number of hydrogen-bond acceptors (Lipinski definition) is 5. The van der Waals surface area contributed by atoms with Gasteiger partial charge in [0.25, 0.3) is 5.91 Å². The Hall–Kier alpha value is -1.76. The van der Waals surface area contributed by atoms with Gasteiger partial charge in [-0.2, -0.15) is 0 Å². The molecule has 1 heterocycles. The Balaban J connectivity index is 2.16. The highest BCUT2D eigenvalue weighted by atomic mass is 32.2. The van der Waals surface area contributed by atoms with Crippen LogP contribution in [0, 0.1) is 0 Å². The summed E-state index contributed by atoms with van der Waals surface area (Å²) in [4.78, 5) is 11.8. The minimum Gasteiger partial charge on any atom is -0.399 e. The molecule has 6 nitrogen and oxygen atoms in total. The van der Waals surface area contributed by atoms with E-state index in [1.165, 1.54) is 0 Å². The summed E-state index contributed by atoms with van der Waals surface area (Å²) in [5.41, 5.74) is 7.46. The number of hydrogen-bond donors (Lipinski definition) is 3. The van der Waals surface area contributed by atoms with Crippen molar-refractivity contribution in [2.75, 3.05) is 29.6 Å². The Labute approximate surface area is 118 Å². The molecular formula is C13H19N3O3S. The third-order valence-electron chi connectivity index (χ3n) is 3.43. The fourth-order valence-corrected chi connectivity index (χ4v) is 3.76. The molecule has 7 heteroatoms. The van der Waals surface area contributed by atoms with Gasteiger partial charge in [-0.25, -0.2) is 8.42 Å². The van der Waals surface area contributed by atoms with Crippen molar-refractivity contribution in [3.63, 3.8) is 0 Å². The van der Waals surface area contributed by atoms with Gasteiger partial charge in [-0.3, -0.25) is 4.79 Å². The Kier molecular flexibility index (Phi) is 4.17. The molecule has 1 aromatic rings. The van der Waals surface area contributed by atoms with Crippen LogP contribution in [-0.4, -0.2) is 38.9 Å². The first kappa shape index (κ1) is 14.6. The summed E-state index contributed by atoms with van der Waals surface area (Å²) in [5, 5.41) is 5.81. The number of anilines is 2. The second-order valence-corrected chi connectivity index (χ2v) is 7.26. The van der Waals surface area contributed by atoms with Gasteiger partial charge in [0.1, 0.15) is 9.84 Å². The number of carbonyl (C=O) groups excluding carboxylic acids is 1. The molecule has 1 aliphatic heterocycles. The minimum absolute atomic E-state index is 0.0451. The molecule has 1 amide bonds. The van der Waals surface area contributed by atoms with Crippen LogP contribution in [0.1, 0.15) is 23.2 Å². The second kappa shape index (κ2) is 5.70. The molecule has 0 saturated carbocycles. The van der Waals surface area contributed by atoms with Crippen LogP contribution in [0.5, 0.6) is 0 Å². The minimum atomic E-state index is -2.89. The molecular weight excluding hydrogens is 278 g/mol. The number of carbonyl (C=O) groups is 1. The van der Waals surface area contributed by atoms with E-state index in [2.05, 4.69) is 10.6 Å². The summed E-state index contributed by atoms with van der Waals surface area (Å²) >= 11 is 0. The van der Waals surface area contributed by atoms with E-state index in [4.69, 9.17) is 5.73 Å². The van der Waals surface area contributed by atoms with E-state index in [9.17, 15) is 13.2 Å². The molecule has 0 bridgehead atoms. The zero-order chi connectivity index (χ0) is 14.8. The summed E-state index contributed by atoms with van der Waals surface area (Å²) in [5.74, 6) is 0.167. The third-order valence-corrected chi connectivity index (χ3v) is 5.14. The van der Waals surface area contributed by atoms with Crippen molar-refractivity contribution < 1.29 is 13.2 Å². The van der Waals surface area contributed by atoms with Gasteiger partial charge in [0, 0.05) is 24.5 Å². The molecule has 4 N–H and O–H groups in total. The molecule has 0 aliphatic carbocycles. The highest BCUT2D eigenvalue weighted by Gasteiger charge is 2.24. The number of nitrogen functional groups attached to an aromatic ring is 1. The van der Waals surface area contributed by atoms with Crippen LogP contribution in [0.25, 0.3) is 0 Å². The first-order valence-corrected chi connectivity index (χ1v) is 8.32. The summed E-state index contributed by atoms with van der Waals surface area (Å²) in [6.07, 6.45) is 1.09. The molecule has 0 spiro atoms. The lowest BCUT2D eigenvalue weighted by atomic mass is 10.1. The van der Waals surface area contributed by atoms with Gasteiger partial charge in [-0.05, 0) is 31.0 Å². The van der Waals surface area contributed by atoms with Gasteiger partial charge in [-0.15, -0.1) is 0 Å². The van der Waals surface area contributed by atoms with Gasteiger partial charge in [0.05, 0.1) is 17.1 Å².